The van der Waals surface area contributed by atoms with Gasteiger partial charge in [0.1, 0.15) is 0 Å². The molecule has 1 unspecified atom stereocenters. The van der Waals surface area contributed by atoms with Crippen LogP contribution >= 0.6 is 11.6 Å². The van der Waals surface area contributed by atoms with E-state index in [4.69, 9.17) is 17.3 Å². The number of anilines is 1. The summed E-state index contributed by atoms with van der Waals surface area (Å²) in [4.78, 5) is 23.8. The third-order valence-electron chi connectivity index (χ3n) is 3.47. The predicted molar refractivity (Wildman–Crippen MR) is 89.9 cm³/mol. The molecule has 1 rings (SSSR count). The van der Waals surface area contributed by atoms with E-state index in [0.717, 1.165) is 12.0 Å². The maximum absolute atomic E-state index is 11.9. The van der Waals surface area contributed by atoms with Crippen molar-refractivity contribution in [1.82, 2.24) is 5.32 Å². The van der Waals surface area contributed by atoms with Crippen LogP contribution in [0.2, 0.25) is 5.02 Å². The van der Waals surface area contributed by atoms with E-state index in [0.29, 0.717) is 17.1 Å². The standard InChI is InChI=1S/C16H24ClN3O2/c1-4-9-16(3,18)15(22)19-10-8-14(21)20-13-7-5-6-12(17)11(13)2/h5-7H,4,8-10,18H2,1-3H3,(H,19,22)(H,20,21). The highest BCUT2D eigenvalue weighted by molar-refractivity contribution is 6.31. The van der Waals surface area contributed by atoms with Crippen molar-refractivity contribution in [2.24, 2.45) is 5.73 Å². The van der Waals surface area contributed by atoms with Gasteiger partial charge in [-0.15, -0.1) is 0 Å². The number of hydrogen-bond acceptors (Lipinski definition) is 3. The minimum Gasteiger partial charge on any atom is -0.354 e. The van der Waals surface area contributed by atoms with Crippen molar-refractivity contribution in [3.05, 3.63) is 28.8 Å². The van der Waals surface area contributed by atoms with Crippen LogP contribution in [0.3, 0.4) is 0 Å². The lowest BCUT2D eigenvalue weighted by molar-refractivity contribution is -0.126. The van der Waals surface area contributed by atoms with Crippen molar-refractivity contribution >= 4 is 29.1 Å². The third kappa shape index (κ3) is 5.31. The Morgan fingerprint density at radius 3 is 2.68 bits per heavy atom. The lowest BCUT2D eigenvalue weighted by Crippen LogP contribution is -2.51. The number of nitrogens with one attached hydrogen (secondary N) is 2. The van der Waals surface area contributed by atoms with Crippen LogP contribution in [0.15, 0.2) is 18.2 Å². The maximum atomic E-state index is 11.9. The van der Waals surface area contributed by atoms with Crippen molar-refractivity contribution in [3.63, 3.8) is 0 Å². The van der Waals surface area contributed by atoms with Gasteiger partial charge in [0.15, 0.2) is 0 Å². The molecule has 0 fully saturated rings. The molecule has 1 atom stereocenters. The summed E-state index contributed by atoms with van der Waals surface area (Å²) in [6, 6.07) is 5.33. The highest BCUT2D eigenvalue weighted by atomic mass is 35.5. The number of nitrogens with two attached hydrogens (primary N) is 1. The van der Waals surface area contributed by atoms with Crippen LogP contribution in [0.4, 0.5) is 5.69 Å². The Morgan fingerprint density at radius 2 is 2.05 bits per heavy atom. The van der Waals surface area contributed by atoms with Crippen LogP contribution in [0.25, 0.3) is 0 Å². The average molecular weight is 326 g/mol. The summed E-state index contributed by atoms with van der Waals surface area (Å²) >= 11 is 6.00. The zero-order valence-corrected chi connectivity index (χ0v) is 14.1. The molecular weight excluding hydrogens is 302 g/mol. The molecule has 0 aromatic heterocycles. The largest absolute Gasteiger partial charge is 0.354 e. The number of benzene rings is 1. The second-order valence-corrected chi connectivity index (χ2v) is 6.04. The number of rotatable bonds is 7. The molecular formula is C16H24ClN3O2. The first-order valence-electron chi connectivity index (χ1n) is 7.40. The average Bonchev–Trinajstić information content (AvgIpc) is 2.43. The van der Waals surface area contributed by atoms with E-state index < -0.39 is 5.54 Å². The molecule has 0 bridgehead atoms. The van der Waals surface area contributed by atoms with Gasteiger partial charge in [0, 0.05) is 23.7 Å². The minimum absolute atomic E-state index is 0.180. The summed E-state index contributed by atoms with van der Waals surface area (Å²) < 4.78 is 0. The summed E-state index contributed by atoms with van der Waals surface area (Å²) in [7, 11) is 0. The summed E-state index contributed by atoms with van der Waals surface area (Å²) in [6.45, 7) is 5.76. The van der Waals surface area contributed by atoms with E-state index in [1.165, 1.54) is 0 Å². The Kier molecular flexibility index (Phi) is 6.84. The summed E-state index contributed by atoms with van der Waals surface area (Å²) in [5.41, 5.74) is 6.52. The second-order valence-electron chi connectivity index (χ2n) is 5.63. The fourth-order valence-corrected chi connectivity index (χ4v) is 2.25. The molecule has 1 aromatic rings. The van der Waals surface area contributed by atoms with Crippen molar-refractivity contribution in [1.29, 1.82) is 0 Å². The molecule has 0 aliphatic carbocycles. The van der Waals surface area contributed by atoms with Crippen LogP contribution in [0.1, 0.15) is 38.7 Å². The Hall–Kier alpha value is -1.59. The number of carbonyl (C=O) groups is 2. The van der Waals surface area contributed by atoms with Gasteiger partial charge in [-0.25, -0.2) is 0 Å². The van der Waals surface area contributed by atoms with Gasteiger partial charge in [-0.05, 0) is 38.0 Å². The molecule has 0 aliphatic rings. The van der Waals surface area contributed by atoms with Crippen molar-refractivity contribution in [2.45, 2.75) is 45.6 Å². The van der Waals surface area contributed by atoms with E-state index in [1.807, 2.05) is 13.8 Å². The lowest BCUT2D eigenvalue weighted by atomic mass is 9.96. The highest BCUT2D eigenvalue weighted by Gasteiger charge is 2.26. The fourth-order valence-electron chi connectivity index (χ4n) is 2.08. The van der Waals surface area contributed by atoms with Gasteiger partial charge in [0.05, 0.1) is 5.54 Å². The molecule has 122 valence electrons. The molecule has 0 aliphatic heterocycles. The Labute approximate surface area is 136 Å². The minimum atomic E-state index is -0.894. The van der Waals surface area contributed by atoms with Gasteiger partial charge < -0.3 is 16.4 Å². The van der Waals surface area contributed by atoms with Gasteiger partial charge in [0.2, 0.25) is 11.8 Å². The molecule has 22 heavy (non-hydrogen) atoms. The number of halogens is 1. The summed E-state index contributed by atoms with van der Waals surface area (Å²) in [6.07, 6.45) is 1.61. The Bertz CT molecular complexity index is 544. The van der Waals surface area contributed by atoms with E-state index in [-0.39, 0.29) is 24.8 Å². The molecule has 6 heteroatoms. The van der Waals surface area contributed by atoms with Gasteiger partial charge in [-0.2, -0.15) is 0 Å². The van der Waals surface area contributed by atoms with Crippen LogP contribution in [0.5, 0.6) is 0 Å². The van der Waals surface area contributed by atoms with Crippen LogP contribution < -0.4 is 16.4 Å². The molecule has 0 spiro atoms. The van der Waals surface area contributed by atoms with Gasteiger partial charge in [-0.1, -0.05) is 31.0 Å². The SMILES string of the molecule is CCCC(C)(N)C(=O)NCCC(=O)Nc1cccc(Cl)c1C. The van der Waals surface area contributed by atoms with Crippen LogP contribution in [0, 0.1) is 6.92 Å². The molecule has 0 saturated carbocycles. The van der Waals surface area contributed by atoms with Crippen LogP contribution in [-0.2, 0) is 9.59 Å². The lowest BCUT2D eigenvalue weighted by Gasteiger charge is -2.22. The topological polar surface area (TPSA) is 84.2 Å². The molecule has 4 N–H and O–H groups in total. The normalized spacial score (nSPS) is 13.3. The number of amides is 2. The number of carbonyl (C=O) groups excluding carboxylic acids is 2. The third-order valence-corrected chi connectivity index (χ3v) is 3.88. The molecule has 1 aromatic carbocycles. The summed E-state index contributed by atoms with van der Waals surface area (Å²) in [5.74, 6) is -0.416. The van der Waals surface area contributed by atoms with Crippen molar-refractivity contribution < 1.29 is 9.59 Å². The van der Waals surface area contributed by atoms with E-state index in [1.54, 1.807) is 25.1 Å². The van der Waals surface area contributed by atoms with E-state index in [9.17, 15) is 9.59 Å². The molecule has 2 amide bonds. The molecule has 5 nitrogen and oxygen atoms in total. The first kappa shape index (κ1) is 18.5. The van der Waals surface area contributed by atoms with Gasteiger partial charge in [-0.3, -0.25) is 9.59 Å². The number of hydrogen-bond donors (Lipinski definition) is 3. The highest BCUT2D eigenvalue weighted by Crippen LogP contribution is 2.22. The van der Waals surface area contributed by atoms with Crippen molar-refractivity contribution in [3.8, 4) is 0 Å². The van der Waals surface area contributed by atoms with Gasteiger partial charge in [0.25, 0.3) is 0 Å². The zero-order valence-electron chi connectivity index (χ0n) is 13.3. The van der Waals surface area contributed by atoms with Gasteiger partial charge >= 0.3 is 0 Å². The Morgan fingerprint density at radius 1 is 1.36 bits per heavy atom. The summed E-state index contributed by atoms with van der Waals surface area (Å²) in [5, 5.41) is 6.08. The smallest absolute Gasteiger partial charge is 0.239 e. The zero-order chi connectivity index (χ0) is 16.8. The maximum Gasteiger partial charge on any atom is 0.239 e. The second kappa shape index (κ2) is 8.15. The quantitative estimate of drug-likeness (QED) is 0.720. The van der Waals surface area contributed by atoms with E-state index >= 15 is 0 Å². The first-order chi connectivity index (χ1) is 10.3. The molecule has 0 heterocycles. The fraction of sp³-hybridized carbons (Fsp3) is 0.500. The van der Waals surface area contributed by atoms with Crippen molar-refractivity contribution in [2.75, 3.05) is 11.9 Å². The Balaban J connectivity index is 2.44. The van der Waals surface area contributed by atoms with Crippen LogP contribution in [-0.4, -0.2) is 23.9 Å². The first-order valence-corrected chi connectivity index (χ1v) is 7.78. The predicted octanol–water partition coefficient (Wildman–Crippen LogP) is 2.61. The molecule has 0 saturated heterocycles. The molecule has 0 radical (unpaired) electrons. The van der Waals surface area contributed by atoms with E-state index in [2.05, 4.69) is 10.6 Å². The monoisotopic (exact) mass is 325 g/mol.